The fourth-order valence-corrected chi connectivity index (χ4v) is 5.01. The van der Waals surface area contributed by atoms with E-state index in [1.54, 1.807) is 18.2 Å². The summed E-state index contributed by atoms with van der Waals surface area (Å²) in [7, 11) is 2.51. The van der Waals surface area contributed by atoms with Crippen molar-refractivity contribution < 1.29 is 41.7 Å². The molecule has 1 amide bonds. The second-order valence-electron chi connectivity index (χ2n) is 7.69. The number of carbonyl (C=O) groups excluding carboxylic acids is 2. The maximum absolute atomic E-state index is 13.9. The van der Waals surface area contributed by atoms with Gasteiger partial charge in [0.1, 0.15) is 18.0 Å². The monoisotopic (exact) mass is 544 g/mol. The minimum absolute atomic E-state index is 0.0695. The molecule has 12 heteroatoms. The highest BCUT2D eigenvalue weighted by atomic mass is 32.2. The van der Waals surface area contributed by atoms with Crippen molar-refractivity contribution in [2.24, 2.45) is 0 Å². The molecule has 202 valence electrons. The molecule has 0 heterocycles. The number of methoxy groups -OCH3 is 5. The highest BCUT2D eigenvalue weighted by Crippen LogP contribution is 2.37. The molecule has 0 spiro atoms. The molecule has 0 saturated carbocycles. The number of sulfonamides is 1. The largest absolute Gasteiger partial charge is 0.497 e. The van der Waals surface area contributed by atoms with Crippen molar-refractivity contribution in [1.82, 2.24) is 0 Å². The van der Waals surface area contributed by atoms with E-state index < -0.39 is 28.4 Å². The van der Waals surface area contributed by atoms with Crippen molar-refractivity contribution in [3.8, 4) is 23.0 Å². The van der Waals surface area contributed by atoms with Crippen molar-refractivity contribution in [2.45, 2.75) is 4.90 Å². The number of hydrogen-bond donors (Lipinski definition) is 1. The standard InChI is InChI=1S/C26H28N2O9S/c1-33-19-9-11-22(34-2)21(14-19)28(38(31,32)20-10-12-23(35-3)24(15-20)36-4)16-25(29)27-18-8-6-7-17(13-18)26(30)37-5/h6-15H,16H2,1-5H3,(H,27,29). The lowest BCUT2D eigenvalue weighted by atomic mass is 10.2. The first-order valence-electron chi connectivity index (χ1n) is 11.1. The number of anilines is 2. The van der Waals surface area contributed by atoms with Crippen LogP contribution in [0.5, 0.6) is 23.0 Å². The Morgan fingerprint density at radius 3 is 2.11 bits per heavy atom. The van der Waals surface area contributed by atoms with Gasteiger partial charge < -0.3 is 29.0 Å². The maximum atomic E-state index is 13.9. The van der Waals surface area contributed by atoms with Gasteiger partial charge >= 0.3 is 5.97 Å². The third-order valence-electron chi connectivity index (χ3n) is 5.45. The molecule has 0 atom stereocenters. The van der Waals surface area contributed by atoms with Gasteiger partial charge in [0.2, 0.25) is 5.91 Å². The Hall–Kier alpha value is -4.45. The molecule has 3 aromatic rings. The lowest BCUT2D eigenvalue weighted by Crippen LogP contribution is -2.38. The number of amides is 1. The van der Waals surface area contributed by atoms with Crippen molar-refractivity contribution in [2.75, 3.05) is 51.7 Å². The molecular weight excluding hydrogens is 516 g/mol. The summed E-state index contributed by atoms with van der Waals surface area (Å²) in [4.78, 5) is 24.9. The lowest BCUT2D eigenvalue weighted by molar-refractivity contribution is -0.114. The number of nitrogens with one attached hydrogen (secondary N) is 1. The molecule has 38 heavy (non-hydrogen) atoms. The number of ether oxygens (including phenoxy) is 5. The Morgan fingerprint density at radius 2 is 1.47 bits per heavy atom. The highest BCUT2D eigenvalue weighted by Gasteiger charge is 2.31. The first-order valence-corrected chi connectivity index (χ1v) is 12.6. The minimum atomic E-state index is -4.35. The molecular formula is C26H28N2O9S. The third kappa shape index (κ3) is 6.09. The van der Waals surface area contributed by atoms with Gasteiger partial charge in [-0.2, -0.15) is 0 Å². The van der Waals surface area contributed by atoms with Crippen LogP contribution in [0.15, 0.2) is 65.6 Å². The first kappa shape index (κ1) is 28.1. The smallest absolute Gasteiger partial charge is 0.337 e. The summed E-state index contributed by atoms with van der Waals surface area (Å²) in [6.45, 7) is -0.636. The molecule has 0 bridgehead atoms. The van der Waals surface area contributed by atoms with E-state index in [9.17, 15) is 18.0 Å². The van der Waals surface area contributed by atoms with Gasteiger partial charge in [-0.25, -0.2) is 13.2 Å². The average molecular weight is 545 g/mol. The molecule has 0 radical (unpaired) electrons. The van der Waals surface area contributed by atoms with Crippen LogP contribution >= 0.6 is 0 Å². The van der Waals surface area contributed by atoms with E-state index in [4.69, 9.17) is 23.7 Å². The maximum Gasteiger partial charge on any atom is 0.337 e. The summed E-state index contributed by atoms with van der Waals surface area (Å²) in [6, 6.07) is 14.7. The van der Waals surface area contributed by atoms with E-state index >= 15 is 0 Å². The Kier molecular flexibility index (Phi) is 9.02. The fourth-order valence-electron chi connectivity index (χ4n) is 3.57. The molecule has 0 unspecified atom stereocenters. The van der Waals surface area contributed by atoms with Crippen molar-refractivity contribution in [3.05, 3.63) is 66.2 Å². The molecule has 3 aromatic carbocycles. The van der Waals surface area contributed by atoms with Gasteiger partial charge in [0, 0.05) is 17.8 Å². The summed E-state index contributed by atoms with van der Waals surface area (Å²) in [5.74, 6) is -0.203. The predicted molar refractivity (Wildman–Crippen MR) is 140 cm³/mol. The van der Waals surface area contributed by atoms with Crippen molar-refractivity contribution in [1.29, 1.82) is 0 Å². The zero-order chi connectivity index (χ0) is 27.9. The van der Waals surface area contributed by atoms with Crippen LogP contribution in [0.4, 0.5) is 11.4 Å². The van der Waals surface area contributed by atoms with E-state index in [1.807, 2.05) is 0 Å². The van der Waals surface area contributed by atoms with Crippen LogP contribution in [0, 0.1) is 0 Å². The number of esters is 1. The van der Waals surface area contributed by atoms with Crippen LogP contribution in [0.1, 0.15) is 10.4 Å². The fraction of sp³-hybridized carbons (Fsp3) is 0.231. The SMILES string of the molecule is COC(=O)c1cccc(NC(=O)CN(c2cc(OC)ccc2OC)S(=O)(=O)c2ccc(OC)c(OC)c2)c1. The van der Waals surface area contributed by atoms with Crippen LogP contribution in [-0.4, -0.2) is 62.4 Å². The van der Waals surface area contributed by atoms with Crippen LogP contribution < -0.4 is 28.6 Å². The lowest BCUT2D eigenvalue weighted by Gasteiger charge is -2.26. The minimum Gasteiger partial charge on any atom is -0.497 e. The van der Waals surface area contributed by atoms with Gasteiger partial charge in [0.05, 0.1) is 51.7 Å². The normalized spacial score (nSPS) is 10.8. The second-order valence-corrected chi connectivity index (χ2v) is 9.55. The van der Waals surface area contributed by atoms with Gasteiger partial charge in [-0.3, -0.25) is 9.10 Å². The molecule has 1 N–H and O–H groups in total. The molecule has 0 aliphatic carbocycles. The molecule has 0 fully saturated rings. The Balaban J connectivity index is 2.07. The number of rotatable bonds is 11. The van der Waals surface area contributed by atoms with Crippen molar-refractivity contribution in [3.63, 3.8) is 0 Å². The van der Waals surface area contributed by atoms with Crippen LogP contribution in [-0.2, 0) is 19.6 Å². The number of nitrogens with zero attached hydrogens (tertiary/aromatic N) is 1. The number of benzene rings is 3. The number of hydrogen-bond acceptors (Lipinski definition) is 9. The third-order valence-corrected chi connectivity index (χ3v) is 7.21. The van der Waals surface area contributed by atoms with E-state index in [2.05, 4.69) is 5.32 Å². The molecule has 3 rings (SSSR count). The summed E-state index contributed by atoms with van der Waals surface area (Å²) >= 11 is 0. The van der Waals surface area contributed by atoms with E-state index in [-0.39, 0.29) is 33.3 Å². The second kappa shape index (κ2) is 12.2. The topological polar surface area (TPSA) is 130 Å². The van der Waals surface area contributed by atoms with Gasteiger partial charge in [-0.15, -0.1) is 0 Å². The quantitative estimate of drug-likeness (QED) is 0.361. The van der Waals surface area contributed by atoms with E-state index in [1.165, 1.54) is 78.0 Å². The summed E-state index contributed by atoms with van der Waals surface area (Å²) in [5, 5.41) is 2.62. The molecule has 0 aliphatic rings. The van der Waals surface area contributed by atoms with E-state index in [0.29, 0.717) is 11.5 Å². The zero-order valence-corrected chi connectivity index (χ0v) is 22.3. The van der Waals surface area contributed by atoms with E-state index in [0.717, 1.165) is 4.31 Å². The first-order chi connectivity index (χ1) is 18.2. The average Bonchev–Trinajstić information content (AvgIpc) is 2.94. The van der Waals surface area contributed by atoms with Crippen LogP contribution in [0.3, 0.4) is 0 Å². The molecule has 0 aromatic heterocycles. The van der Waals surface area contributed by atoms with Crippen LogP contribution in [0.25, 0.3) is 0 Å². The Morgan fingerprint density at radius 1 is 0.789 bits per heavy atom. The van der Waals surface area contributed by atoms with Crippen LogP contribution in [0.2, 0.25) is 0 Å². The van der Waals surface area contributed by atoms with Gasteiger partial charge in [0.25, 0.3) is 10.0 Å². The summed E-state index contributed by atoms with van der Waals surface area (Å²) in [6.07, 6.45) is 0. The van der Waals surface area contributed by atoms with Gasteiger partial charge in [0.15, 0.2) is 11.5 Å². The Bertz CT molecular complexity index is 1420. The van der Waals surface area contributed by atoms with Crippen molar-refractivity contribution >= 4 is 33.3 Å². The predicted octanol–water partition coefficient (Wildman–Crippen LogP) is 3.34. The van der Waals surface area contributed by atoms with Gasteiger partial charge in [-0.05, 0) is 42.5 Å². The zero-order valence-electron chi connectivity index (χ0n) is 21.5. The summed E-state index contributed by atoms with van der Waals surface area (Å²) < 4.78 is 54.6. The van der Waals surface area contributed by atoms with Gasteiger partial charge in [-0.1, -0.05) is 6.07 Å². The summed E-state index contributed by atoms with van der Waals surface area (Å²) in [5.41, 5.74) is 0.564. The Labute approximate surface area is 220 Å². The molecule has 11 nitrogen and oxygen atoms in total. The molecule has 0 saturated heterocycles. The molecule has 0 aliphatic heterocycles. The highest BCUT2D eigenvalue weighted by molar-refractivity contribution is 7.92. The number of carbonyl (C=O) groups is 2.